The largest absolute Gasteiger partial charge is 0.484 e. The van der Waals surface area contributed by atoms with Crippen LogP contribution in [0.4, 0.5) is 0 Å². The van der Waals surface area contributed by atoms with E-state index in [1.165, 1.54) is 61.7 Å². The van der Waals surface area contributed by atoms with Gasteiger partial charge < -0.3 is 19.1 Å². The van der Waals surface area contributed by atoms with Crippen molar-refractivity contribution in [2.24, 2.45) is 15.9 Å². The van der Waals surface area contributed by atoms with E-state index in [1.54, 1.807) is 41.5 Å². The summed E-state index contributed by atoms with van der Waals surface area (Å²) in [6, 6.07) is 10.9. The van der Waals surface area contributed by atoms with Gasteiger partial charge in [-0.15, -0.1) is 0 Å². The zero-order valence-electron chi connectivity index (χ0n) is 31.2. The molecule has 19 nitrogen and oxygen atoms in total. The lowest BCUT2D eigenvalue weighted by molar-refractivity contribution is -0.143. The van der Waals surface area contributed by atoms with E-state index in [9.17, 15) is 33.2 Å². The number of azide groups is 1. The number of carbonyl (C=O) groups excluding carboxylic acids is 2. The van der Waals surface area contributed by atoms with Crippen LogP contribution in [0, 0.1) is 17.8 Å². The monoisotopic (exact) mass is 807 g/mol. The van der Waals surface area contributed by atoms with Gasteiger partial charge in [-0.05, 0) is 89.4 Å². The predicted molar refractivity (Wildman–Crippen MR) is 195 cm³/mol. The van der Waals surface area contributed by atoms with Crippen LogP contribution in [0.15, 0.2) is 69.4 Å². The summed E-state index contributed by atoms with van der Waals surface area (Å²) in [5.74, 6) is -0.460. The topological polar surface area (TPSA) is 257 Å². The summed E-state index contributed by atoms with van der Waals surface area (Å²) < 4.78 is 65.8. The first-order valence-electron chi connectivity index (χ1n) is 16.8. The minimum absolute atomic E-state index is 0.0623. The van der Waals surface area contributed by atoms with Crippen LogP contribution < -0.4 is 20.7 Å². The molecule has 4 rings (SSSR count). The van der Waals surface area contributed by atoms with Gasteiger partial charge in [-0.25, -0.2) is 13.9 Å². The highest BCUT2D eigenvalue weighted by molar-refractivity contribution is 7.61. The molecule has 0 bridgehead atoms. The lowest BCUT2D eigenvalue weighted by atomic mass is 9.97. The minimum Gasteiger partial charge on any atom is -0.426 e. The van der Waals surface area contributed by atoms with Gasteiger partial charge in [0, 0.05) is 23.1 Å². The normalized spacial score (nSPS) is 18.6. The molecule has 1 unspecified atom stereocenters. The van der Waals surface area contributed by atoms with E-state index in [0.29, 0.717) is 11.1 Å². The van der Waals surface area contributed by atoms with E-state index < -0.39 is 87.9 Å². The first-order valence-corrected chi connectivity index (χ1v) is 19.7. The standard InChI is InChI=1S/C34H43N5O14P2/c1-21-17-39(32(43)36-29(21)40)28-16-26(37-38-35)27(52-28)20-47-54(44,45)53-55(46,48-18-22-8-12-24(13-9-22)50-30(41)33(2,3)4)49-19-23-10-14-25(15-11-23)51-31(42)34(5,6)7/h8-15,17,26-28H,16,18-20H2,1-7H3,(H,44,45)(H,36,40,43)/t26-,27+,28+/m0/s1. The van der Waals surface area contributed by atoms with E-state index >= 15 is 0 Å². The van der Waals surface area contributed by atoms with Gasteiger partial charge in [-0.1, -0.05) is 29.4 Å². The summed E-state index contributed by atoms with van der Waals surface area (Å²) in [6.45, 7) is 9.98. The number of H-pyrrole nitrogens is 1. The molecule has 2 heterocycles. The molecule has 3 aromatic rings. The molecule has 0 radical (unpaired) electrons. The van der Waals surface area contributed by atoms with E-state index in [1.807, 2.05) is 0 Å². The summed E-state index contributed by atoms with van der Waals surface area (Å²) in [5.41, 5.74) is 7.17. The number of aromatic nitrogens is 2. The third kappa shape index (κ3) is 12.6. The summed E-state index contributed by atoms with van der Waals surface area (Å²) in [5, 5.41) is 3.64. The van der Waals surface area contributed by atoms with Crippen LogP contribution >= 0.6 is 15.6 Å². The van der Waals surface area contributed by atoms with Crippen LogP contribution in [0.2, 0.25) is 0 Å². The average Bonchev–Trinajstić information content (AvgIpc) is 3.50. The number of rotatable bonds is 15. The molecule has 2 N–H and O–H groups in total. The Bertz CT molecular complexity index is 2040. The summed E-state index contributed by atoms with van der Waals surface area (Å²) >= 11 is 0. The lowest BCUT2D eigenvalue weighted by Crippen LogP contribution is -2.33. The Morgan fingerprint density at radius 2 is 1.40 bits per heavy atom. The minimum atomic E-state index is -5.31. The molecule has 0 saturated carbocycles. The smallest absolute Gasteiger partial charge is 0.426 e. The van der Waals surface area contributed by atoms with Crippen molar-refractivity contribution in [2.75, 3.05) is 6.61 Å². The van der Waals surface area contributed by atoms with Crippen LogP contribution in [-0.4, -0.2) is 45.1 Å². The van der Waals surface area contributed by atoms with Crippen molar-refractivity contribution in [1.82, 2.24) is 9.55 Å². The Morgan fingerprint density at radius 1 is 0.909 bits per heavy atom. The van der Waals surface area contributed by atoms with Gasteiger partial charge in [0.15, 0.2) is 0 Å². The number of esters is 2. The third-order valence-corrected chi connectivity index (χ3v) is 10.7. The predicted octanol–water partition coefficient (Wildman–Crippen LogP) is 6.39. The van der Waals surface area contributed by atoms with Crippen LogP contribution in [0.1, 0.15) is 70.9 Å². The summed E-state index contributed by atoms with van der Waals surface area (Å²) in [6.07, 6.45) is -1.05. The molecular formula is C34H43N5O14P2. The highest BCUT2D eigenvalue weighted by atomic mass is 31.3. The van der Waals surface area contributed by atoms with Crippen LogP contribution in [0.25, 0.3) is 10.4 Å². The van der Waals surface area contributed by atoms with Gasteiger partial charge in [-0.2, -0.15) is 4.31 Å². The highest BCUT2D eigenvalue weighted by Gasteiger charge is 2.42. The fourth-order valence-electron chi connectivity index (χ4n) is 4.56. The number of nitrogens with one attached hydrogen (secondary N) is 1. The number of ether oxygens (including phenoxy) is 3. The molecule has 0 aliphatic carbocycles. The Hall–Kier alpha value is -4.41. The first kappa shape index (κ1) is 43.3. The average molecular weight is 808 g/mol. The lowest BCUT2D eigenvalue weighted by Gasteiger charge is -2.22. The number of hydrogen-bond acceptors (Lipinski definition) is 14. The van der Waals surface area contributed by atoms with Crippen molar-refractivity contribution < 1.29 is 55.7 Å². The first-order chi connectivity index (χ1) is 25.6. The van der Waals surface area contributed by atoms with Crippen LogP contribution in [-0.2, 0) is 54.6 Å². The van der Waals surface area contributed by atoms with Gasteiger partial charge in [-0.3, -0.25) is 37.5 Å². The van der Waals surface area contributed by atoms with E-state index in [0.717, 1.165) is 4.57 Å². The van der Waals surface area contributed by atoms with Gasteiger partial charge in [0.25, 0.3) is 5.56 Å². The van der Waals surface area contributed by atoms with E-state index in [-0.39, 0.29) is 23.5 Å². The van der Waals surface area contributed by atoms with Gasteiger partial charge in [0.1, 0.15) is 17.7 Å². The number of phosphoric acid groups is 2. The van der Waals surface area contributed by atoms with Gasteiger partial charge >= 0.3 is 33.3 Å². The zero-order chi connectivity index (χ0) is 40.8. The molecule has 1 saturated heterocycles. The van der Waals surface area contributed by atoms with E-state index in [4.69, 9.17) is 37.6 Å². The van der Waals surface area contributed by atoms with Crippen molar-refractivity contribution in [1.29, 1.82) is 0 Å². The molecule has 4 atom stereocenters. The highest BCUT2D eigenvalue weighted by Crippen LogP contribution is 2.64. The Morgan fingerprint density at radius 3 is 1.85 bits per heavy atom. The summed E-state index contributed by atoms with van der Waals surface area (Å²) in [7, 11) is -10.3. The number of aryl methyl sites for hydroxylation is 1. The van der Waals surface area contributed by atoms with Crippen molar-refractivity contribution in [3.63, 3.8) is 0 Å². The zero-order valence-corrected chi connectivity index (χ0v) is 33.0. The fraction of sp³-hybridized carbons (Fsp3) is 0.471. The molecule has 1 aromatic heterocycles. The molecule has 1 aliphatic heterocycles. The maximum Gasteiger partial charge on any atom is 0.484 e. The number of nitrogens with zero attached hydrogens (tertiary/aromatic N) is 4. The number of benzene rings is 2. The van der Waals surface area contributed by atoms with Crippen molar-refractivity contribution in [2.45, 2.75) is 86.5 Å². The Balaban J connectivity index is 1.49. The van der Waals surface area contributed by atoms with Crippen LogP contribution in [0.3, 0.4) is 0 Å². The maximum atomic E-state index is 13.9. The van der Waals surface area contributed by atoms with Gasteiger partial charge in [0.05, 0.1) is 42.8 Å². The number of carbonyl (C=O) groups is 2. The molecule has 2 aromatic carbocycles. The Kier molecular flexibility index (Phi) is 13.9. The Labute approximate surface area is 315 Å². The number of aromatic amines is 1. The summed E-state index contributed by atoms with van der Waals surface area (Å²) in [4.78, 5) is 64.4. The quantitative estimate of drug-likeness (QED) is 0.0421. The molecule has 0 spiro atoms. The molecule has 1 fully saturated rings. The SMILES string of the molecule is Cc1cn([C@H]2C[C@H](N=[N+]=[N-])[C@@H](COP(=O)(O)OP(=O)(OCc3ccc(OC(=O)C(C)(C)C)cc3)OCc3ccc(OC(=O)C(C)(C)C)cc3)O2)c(=O)[nH]c1=O. The van der Waals surface area contributed by atoms with Crippen molar-refractivity contribution >= 4 is 27.6 Å². The second-order valence-corrected chi connectivity index (χ2v) is 17.8. The third-order valence-electron chi connectivity index (χ3n) is 7.74. The molecule has 55 heavy (non-hydrogen) atoms. The second-order valence-electron chi connectivity index (χ2n) is 14.5. The van der Waals surface area contributed by atoms with Gasteiger partial charge in [0.2, 0.25) is 0 Å². The maximum absolute atomic E-state index is 13.9. The van der Waals surface area contributed by atoms with Crippen molar-refractivity contribution in [3.05, 3.63) is 103 Å². The van der Waals surface area contributed by atoms with Crippen molar-refractivity contribution in [3.8, 4) is 11.5 Å². The van der Waals surface area contributed by atoms with Crippen LogP contribution in [0.5, 0.6) is 11.5 Å². The number of phosphoric ester groups is 2. The van der Waals surface area contributed by atoms with E-state index in [2.05, 4.69) is 15.0 Å². The number of hydrogen-bond donors (Lipinski definition) is 2. The fourth-order valence-corrected chi connectivity index (χ4v) is 7.16. The second kappa shape index (κ2) is 17.6. The molecule has 21 heteroatoms. The molecule has 298 valence electrons. The molecular weight excluding hydrogens is 764 g/mol. The molecule has 0 amide bonds. The molecule has 1 aliphatic rings.